The Labute approximate surface area is 45.2 Å². The van der Waals surface area contributed by atoms with Gasteiger partial charge in [-0.25, -0.2) is 0 Å². The molecule has 0 amide bonds. The minimum absolute atomic E-state index is 1.20. The minimum Gasteiger partial charge on any atom is -0.0698 e. The monoisotopic (exact) mass is 95.1 g/mol. The summed E-state index contributed by atoms with van der Waals surface area (Å²) in [7, 11) is 0. The molecule has 0 aromatic carbocycles. The number of hydrogen-bond acceptors (Lipinski definition) is 0. The smallest absolute Gasteiger partial charge is 0.0277 e. The summed E-state index contributed by atoms with van der Waals surface area (Å²) < 4.78 is 0. The molecular weight excluding hydrogens is 84.1 g/mol. The van der Waals surface area contributed by atoms with Crippen molar-refractivity contribution in [2.75, 3.05) is 0 Å². The molecule has 0 atom stereocenters. The Bertz CT molecular complexity index is 80.0. The Morgan fingerprint density at radius 3 is 2.57 bits per heavy atom. The molecule has 0 aromatic heterocycles. The topological polar surface area (TPSA) is 0 Å². The average molecular weight is 95.2 g/mol. The predicted molar refractivity (Wildman–Crippen MR) is 30.9 cm³/mol. The Morgan fingerprint density at radius 1 is 1.43 bits per heavy atom. The summed E-state index contributed by atoms with van der Waals surface area (Å²) in [4.78, 5) is 0. The number of rotatable bonds is 0. The third kappa shape index (κ3) is 1.34. The lowest BCUT2D eigenvalue weighted by Crippen LogP contribution is -1.86. The standard InChI is InChI=1S/C7H11/c1-7-5-3-2-4-6-7/h2-5H2,1H3. The van der Waals surface area contributed by atoms with E-state index in [1.54, 1.807) is 0 Å². The normalized spacial score (nSPS) is 21.6. The van der Waals surface area contributed by atoms with Crippen molar-refractivity contribution in [3.63, 3.8) is 0 Å². The van der Waals surface area contributed by atoms with Crippen LogP contribution in [0, 0.1) is 6.08 Å². The van der Waals surface area contributed by atoms with Gasteiger partial charge in [0.25, 0.3) is 0 Å². The highest BCUT2D eigenvalue weighted by Crippen LogP contribution is 2.14. The first-order valence-electron chi connectivity index (χ1n) is 2.96. The Kier molecular flexibility index (Phi) is 1.50. The highest BCUT2D eigenvalue weighted by atomic mass is 14.0. The maximum atomic E-state index is 3.30. The lowest BCUT2D eigenvalue weighted by atomic mass is 10.0. The van der Waals surface area contributed by atoms with E-state index in [1.807, 2.05) is 0 Å². The summed E-state index contributed by atoms with van der Waals surface area (Å²) in [6.45, 7) is 2.17. The molecule has 7 heavy (non-hydrogen) atoms. The van der Waals surface area contributed by atoms with Crippen LogP contribution in [0.4, 0.5) is 0 Å². The summed E-state index contributed by atoms with van der Waals surface area (Å²) in [6.07, 6.45) is 8.54. The molecule has 39 valence electrons. The molecule has 0 heterocycles. The van der Waals surface area contributed by atoms with Gasteiger partial charge in [0.05, 0.1) is 0 Å². The van der Waals surface area contributed by atoms with Crippen LogP contribution < -0.4 is 0 Å². The highest BCUT2D eigenvalue weighted by molar-refractivity contribution is 4.94. The van der Waals surface area contributed by atoms with E-state index in [2.05, 4.69) is 13.0 Å². The van der Waals surface area contributed by atoms with Crippen LogP contribution >= 0.6 is 0 Å². The van der Waals surface area contributed by atoms with Gasteiger partial charge in [-0.05, 0) is 38.7 Å². The molecule has 1 radical (unpaired) electrons. The van der Waals surface area contributed by atoms with Crippen LogP contribution in [0.2, 0.25) is 0 Å². The molecule has 0 unspecified atom stereocenters. The molecule has 0 aliphatic heterocycles. The second-order valence-electron chi connectivity index (χ2n) is 2.16. The molecule has 0 fully saturated rings. The second-order valence-corrected chi connectivity index (χ2v) is 2.16. The summed E-state index contributed by atoms with van der Waals surface area (Å²) >= 11 is 0. The van der Waals surface area contributed by atoms with Crippen molar-refractivity contribution in [1.29, 1.82) is 0 Å². The van der Waals surface area contributed by atoms with Crippen molar-refractivity contribution in [3.05, 3.63) is 11.6 Å². The molecule has 0 saturated carbocycles. The Morgan fingerprint density at radius 2 is 2.29 bits per heavy atom. The zero-order chi connectivity index (χ0) is 5.11. The first kappa shape index (κ1) is 4.89. The molecular formula is C7H11. The van der Waals surface area contributed by atoms with Gasteiger partial charge in [0.15, 0.2) is 0 Å². The fourth-order valence-corrected chi connectivity index (χ4v) is 0.905. The summed E-state index contributed by atoms with van der Waals surface area (Å²) in [6, 6.07) is 0. The fraction of sp³-hybridized carbons (Fsp3) is 0.714. The van der Waals surface area contributed by atoms with Gasteiger partial charge in [-0.1, -0.05) is 5.57 Å². The van der Waals surface area contributed by atoms with E-state index < -0.39 is 0 Å². The van der Waals surface area contributed by atoms with Crippen molar-refractivity contribution in [3.8, 4) is 0 Å². The van der Waals surface area contributed by atoms with Gasteiger partial charge in [0.2, 0.25) is 0 Å². The molecule has 0 heteroatoms. The predicted octanol–water partition coefficient (Wildman–Crippen LogP) is 2.31. The number of allylic oxidation sites excluding steroid dienone is 2. The van der Waals surface area contributed by atoms with E-state index in [0.717, 1.165) is 0 Å². The largest absolute Gasteiger partial charge is 0.0698 e. The lowest BCUT2D eigenvalue weighted by Gasteiger charge is -2.04. The van der Waals surface area contributed by atoms with Crippen LogP contribution in [-0.2, 0) is 0 Å². The molecule has 0 N–H and O–H groups in total. The maximum absolute atomic E-state index is 3.30. The maximum Gasteiger partial charge on any atom is -0.0277 e. The van der Waals surface area contributed by atoms with Crippen molar-refractivity contribution >= 4 is 0 Å². The third-order valence-corrected chi connectivity index (χ3v) is 1.41. The average Bonchev–Trinajstić information content (AvgIpc) is 1.69. The molecule has 0 aromatic rings. The van der Waals surface area contributed by atoms with E-state index in [9.17, 15) is 0 Å². The van der Waals surface area contributed by atoms with Gasteiger partial charge in [-0.2, -0.15) is 0 Å². The van der Waals surface area contributed by atoms with E-state index in [1.165, 1.54) is 31.3 Å². The van der Waals surface area contributed by atoms with Crippen LogP contribution in [0.3, 0.4) is 0 Å². The number of hydrogen-bond donors (Lipinski definition) is 0. The summed E-state index contributed by atoms with van der Waals surface area (Å²) in [5.41, 5.74) is 1.46. The van der Waals surface area contributed by atoms with Gasteiger partial charge < -0.3 is 0 Å². The summed E-state index contributed by atoms with van der Waals surface area (Å²) in [5, 5.41) is 0. The first-order valence-corrected chi connectivity index (χ1v) is 2.96. The SMILES string of the molecule is CC1=[C]CCCC1. The molecule has 1 aliphatic rings. The summed E-state index contributed by atoms with van der Waals surface area (Å²) in [5.74, 6) is 0. The molecule has 1 aliphatic carbocycles. The second kappa shape index (κ2) is 2.15. The fourth-order valence-electron chi connectivity index (χ4n) is 0.905. The van der Waals surface area contributed by atoms with Crippen molar-refractivity contribution < 1.29 is 0 Å². The van der Waals surface area contributed by atoms with Gasteiger partial charge in [0.1, 0.15) is 0 Å². The Hall–Kier alpha value is -0.260. The van der Waals surface area contributed by atoms with Crippen LogP contribution in [0.5, 0.6) is 0 Å². The van der Waals surface area contributed by atoms with Gasteiger partial charge in [-0.15, -0.1) is 0 Å². The van der Waals surface area contributed by atoms with Crippen molar-refractivity contribution in [2.45, 2.75) is 32.6 Å². The van der Waals surface area contributed by atoms with Crippen molar-refractivity contribution in [2.24, 2.45) is 0 Å². The Balaban J connectivity index is 2.40. The van der Waals surface area contributed by atoms with Crippen LogP contribution in [0.25, 0.3) is 0 Å². The third-order valence-electron chi connectivity index (χ3n) is 1.41. The van der Waals surface area contributed by atoms with Crippen molar-refractivity contribution in [1.82, 2.24) is 0 Å². The molecule has 1 rings (SSSR count). The van der Waals surface area contributed by atoms with Crippen LogP contribution in [-0.4, -0.2) is 0 Å². The van der Waals surface area contributed by atoms with Crippen LogP contribution in [0.1, 0.15) is 32.6 Å². The molecule has 0 nitrogen and oxygen atoms in total. The zero-order valence-electron chi connectivity index (χ0n) is 4.83. The lowest BCUT2D eigenvalue weighted by molar-refractivity contribution is 0.689. The minimum atomic E-state index is 1.20. The van der Waals surface area contributed by atoms with E-state index in [0.29, 0.717) is 0 Å². The first-order chi connectivity index (χ1) is 3.39. The van der Waals surface area contributed by atoms with Gasteiger partial charge in [0, 0.05) is 0 Å². The molecule has 0 bridgehead atoms. The van der Waals surface area contributed by atoms with Crippen LogP contribution in [0.15, 0.2) is 5.57 Å². The van der Waals surface area contributed by atoms with E-state index in [4.69, 9.17) is 0 Å². The molecule has 0 saturated heterocycles. The highest BCUT2D eigenvalue weighted by Gasteiger charge is 1.95. The quantitative estimate of drug-likeness (QED) is 0.433. The van der Waals surface area contributed by atoms with Gasteiger partial charge >= 0.3 is 0 Å². The van der Waals surface area contributed by atoms with E-state index in [-0.39, 0.29) is 0 Å². The molecule has 0 spiro atoms. The zero-order valence-corrected chi connectivity index (χ0v) is 4.83. The van der Waals surface area contributed by atoms with E-state index >= 15 is 0 Å². The van der Waals surface area contributed by atoms with Gasteiger partial charge in [-0.3, -0.25) is 0 Å².